The van der Waals surface area contributed by atoms with Gasteiger partial charge in [0.15, 0.2) is 17.3 Å². The van der Waals surface area contributed by atoms with Crippen LogP contribution in [0.15, 0.2) is 218 Å². The molecule has 0 heterocycles. The van der Waals surface area contributed by atoms with E-state index in [1.165, 1.54) is 0 Å². The van der Waals surface area contributed by atoms with E-state index in [-0.39, 0.29) is 37.8 Å². The summed E-state index contributed by atoms with van der Waals surface area (Å²) in [7, 11) is 0. The first kappa shape index (κ1) is 42.8. The van der Waals surface area contributed by atoms with Gasteiger partial charge in [0.2, 0.25) is 0 Å². The quantitative estimate of drug-likeness (QED) is 0.0914. The van der Waals surface area contributed by atoms with E-state index in [2.05, 4.69) is 0 Å². The Bertz CT molecular complexity index is 1760. The zero-order valence-electron chi connectivity index (χ0n) is 30.3. The molecule has 0 atom stereocenters. The summed E-state index contributed by atoms with van der Waals surface area (Å²) in [5.74, 6) is -0.0341. The molecule has 4 heteroatoms. The molecule has 0 aromatic heterocycles. The second-order valence-corrected chi connectivity index (χ2v) is 11.7. The Morgan fingerprint density at radius 1 is 0.236 bits per heavy atom. The van der Waals surface area contributed by atoms with Gasteiger partial charge in [-0.15, -0.1) is 0 Å². The van der Waals surface area contributed by atoms with Crippen molar-refractivity contribution in [3.63, 3.8) is 0 Å². The molecule has 0 saturated heterocycles. The molecule has 0 saturated carbocycles. The Balaban J connectivity index is 0.000000220. The smallest absolute Gasteiger partial charge is 0.178 e. The molecule has 0 fully saturated rings. The predicted octanol–water partition coefficient (Wildman–Crippen LogP) is 11.9. The van der Waals surface area contributed by atoms with Crippen LogP contribution in [0, 0.1) is 0 Å². The number of hydrogen-bond donors (Lipinski definition) is 0. The monoisotopic (exact) mass is 808 g/mol. The van der Waals surface area contributed by atoms with Crippen molar-refractivity contribution < 1.29 is 34.8 Å². The topological polar surface area (TPSA) is 51.2 Å². The molecule has 6 rings (SSSR count). The van der Waals surface area contributed by atoms with Crippen LogP contribution in [0.25, 0.3) is 36.5 Å². The fourth-order valence-corrected chi connectivity index (χ4v) is 4.62. The number of ketones is 3. The summed E-state index contributed by atoms with van der Waals surface area (Å²) in [6.07, 6.45) is 20.4. The van der Waals surface area contributed by atoms with Gasteiger partial charge in [-0.05, 0) is 69.8 Å². The largest absolute Gasteiger partial charge is 0.290 e. The Labute approximate surface area is 338 Å². The Morgan fingerprint density at radius 2 is 0.364 bits per heavy atom. The maximum Gasteiger partial charge on any atom is 0.178 e. The maximum absolute atomic E-state index is 11.6. The van der Waals surface area contributed by atoms with Gasteiger partial charge in [0, 0.05) is 20.4 Å². The van der Waals surface area contributed by atoms with Crippen LogP contribution in [0.5, 0.6) is 0 Å². The minimum atomic E-state index is -0.0114. The molecule has 0 aliphatic heterocycles. The minimum Gasteiger partial charge on any atom is -0.290 e. The fraction of sp³-hybridized carbons (Fsp3) is 0. The Kier molecular flexibility index (Phi) is 20.4. The molecule has 6 aromatic carbocycles. The van der Waals surface area contributed by atoms with Crippen molar-refractivity contribution in [2.45, 2.75) is 0 Å². The van der Waals surface area contributed by atoms with Crippen molar-refractivity contribution in [1.82, 2.24) is 0 Å². The van der Waals surface area contributed by atoms with Crippen molar-refractivity contribution in [3.8, 4) is 0 Å². The van der Waals surface area contributed by atoms with Crippen LogP contribution < -0.4 is 0 Å². The maximum atomic E-state index is 11.6. The molecule has 0 aliphatic carbocycles. The first-order chi connectivity index (χ1) is 26.5. The second kappa shape index (κ2) is 26.2. The molecule has 0 unspecified atom stereocenters. The summed E-state index contributed by atoms with van der Waals surface area (Å²) < 4.78 is 0. The summed E-state index contributed by atoms with van der Waals surface area (Å²) in [4.78, 5) is 34.8. The molecule has 0 aliphatic rings. The van der Waals surface area contributed by atoms with Gasteiger partial charge >= 0.3 is 0 Å². The van der Waals surface area contributed by atoms with Crippen molar-refractivity contribution in [3.05, 3.63) is 252 Å². The van der Waals surface area contributed by atoms with Crippen LogP contribution in [-0.4, -0.2) is 17.3 Å². The molecule has 0 amide bonds. The van der Waals surface area contributed by atoms with E-state index in [9.17, 15) is 14.4 Å². The van der Waals surface area contributed by atoms with Gasteiger partial charge in [-0.2, -0.15) is 0 Å². The van der Waals surface area contributed by atoms with E-state index in [0.717, 1.165) is 33.4 Å². The third kappa shape index (κ3) is 19.2. The van der Waals surface area contributed by atoms with E-state index in [0.29, 0.717) is 0 Å². The first-order valence-corrected chi connectivity index (χ1v) is 17.5. The third-order valence-electron chi connectivity index (χ3n) is 7.44. The van der Waals surface area contributed by atoms with Crippen LogP contribution >= 0.6 is 0 Å². The van der Waals surface area contributed by atoms with Crippen LogP contribution in [0.2, 0.25) is 0 Å². The molecule has 0 N–H and O–H groups in total. The van der Waals surface area contributed by atoms with Crippen molar-refractivity contribution in [2.24, 2.45) is 0 Å². The Morgan fingerprint density at radius 3 is 0.491 bits per heavy atom. The van der Waals surface area contributed by atoms with E-state index in [1.807, 2.05) is 218 Å². The first-order valence-electron chi connectivity index (χ1n) is 17.5. The van der Waals surface area contributed by atoms with E-state index >= 15 is 0 Å². The third-order valence-corrected chi connectivity index (χ3v) is 7.44. The van der Waals surface area contributed by atoms with Crippen molar-refractivity contribution >= 4 is 53.8 Å². The van der Waals surface area contributed by atoms with Gasteiger partial charge in [0.1, 0.15) is 0 Å². The van der Waals surface area contributed by atoms with Gasteiger partial charge in [-0.25, -0.2) is 0 Å². The molecular weight excluding hydrogens is 767 g/mol. The number of benzene rings is 6. The molecular formula is C51H42O3Pd. The number of allylic oxidation sites excluding steroid dienone is 6. The van der Waals surface area contributed by atoms with Gasteiger partial charge in [-0.1, -0.05) is 218 Å². The van der Waals surface area contributed by atoms with Crippen molar-refractivity contribution in [2.75, 3.05) is 0 Å². The minimum absolute atomic E-state index is 0. The summed E-state index contributed by atoms with van der Waals surface area (Å²) in [6.45, 7) is 0. The van der Waals surface area contributed by atoms with E-state index in [4.69, 9.17) is 0 Å². The Hall–Kier alpha value is -6.57. The molecule has 274 valence electrons. The normalized spacial score (nSPS) is 10.9. The SMILES string of the molecule is O=C(C=Cc1ccccc1)C=Cc1ccccc1.O=C(C=Cc1ccccc1)C=Cc1ccccc1.O=C(C=Cc1ccccc1)C=Cc1ccccc1.[Pd]. The zero-order valence-corrected chi connectivity index (χ0v) is 31.8. The fourth-order valence-electron chi connectivity index (χ4n) is 4.62. The van der Waals surface area contributed by atoms with Crippen LogP contribution in [0.1, 0.15) is 33.4 Å². The van der Waals surface area contributed by atoms with Gasteiger partial charge in [0.05, 0.1) is 0 Å². The number of rotatable bonds is 12. The summed E-state index contributed by atoms with van der Waals surface area (Å²) in [6, 6.07) is 58.7. The molecule has 0 radical (unpaired) electrons. The summed E-state index contributed by atoms with van der Waals surface area (Å²) >= 11 is 0. The van der Waals surface area contributed by atoms with E-state index < -0.39 is 0 Å². The second-order valence-electron chi connectivity index (χ2n) is 11.7. The number of hydrogen-bond acceptors (Lipinski definition) is 3. The van der Waals surface area contributed by atoms with E-state index in [1.54, 1.807) is 36.5 Å². The number of carbonyl (C=O) groups is 3. The molecule has 0 bridgehead atoms. The average Bonchev–Trinajstić information content (AvgIpc) is 3.24. The summed E-state index contributed by atoms with van der Waals surface area (Å²) in [5.41, 5.74) is 6.16. The van der Waals surface area contributed by atoms with Gasteiger partial charge < -0.3 is 0 Å². The molecule has 55 heavy (non-hydrogen) atoms. The van der Waals surface area contributed by atoms with Gasteiger partial charge in [0.25, 0.3) is 0 Å². The van der Waals surface area contributed by atoms with Gasteiger partial charge in [-0.3, -0.25) is 14.4 Å². The standard InChI is InChI=1S/3C17H14O.Pd/c3*18-17(13-11-15-7-3-1-4-8-15)14-12-16-9-5-2-6-10-16;/h3*1-14H;. The van der Waals surface area contributed by atoms with Crippen molar-refractivity contribution in [1.29, 1.82) is 0 Å². The molecule has 6 aromatic rings. The molecule has 3 nitrogen and oxygen atoms in total. The zero-order chi connectivity index (χ0) is 37.9. The average molecular weight is 809 g/mol. The van der Waals surface area contributed by atoms with Crippen LogP contribution in [0.4, 0.5) is 0 Å². The summed E-state index contributed by atoms with van der Waals surface area (Å²) in [5, 5.41) is 0. The number of carbonyl (C=O) groups excluding carboxylic acids is 3. The predicted molar refractivity (Wildman–Crippen MR) is 228 cm³/mol. The van der Waals surface area contributed by atoms with Crippen LogP contribution in [0.3, 0.4) is 0 Å². The molecule has 0 spiro atoms. The van der Waals surface area contributed by atoms with Crippen LogP contribution in [-0.2, 0) is 34.8 Å².